The summed E-state index contributed by atoms with van der Waals surface area (Å²) in [6.45, 7) is 6.43. The number of ether oxygens (including phenoxy) is 3. The minimum Gasteiger partial charge on any atom is -0.462 e. The Morgan fingerprint density at radius 3 is 0.896 bits per heavy atom. The fourth-order valence-electron chi connectivity index (χ4n) is 8.69. The summed E-state index contributed by atoms with van der Waals surface area (Å²) in [5.74, 6) is -1.03. The second kappa shape index (κ2) is 64.3. The van der Waals surface area contributed by atoms with E-state index in [1.54, 1.807) is 0 Å². The molecule has 6 nitrogen and oxygen atoms in total. The Bertz CT molecular complexity index is 1600. The number of allylic oxidation sites excluding steroid dienone is 20. The molecule has 1 atom stereocenters. The first-order valence-corrected chi connectivity index (χ1v) is 32.0. The number of esters is 3. The van der Waals surface area contributed by atoms with Crippen LogP contribution in [0.25, 0.3) is 0 Å². The number of unbranched alkanes of at least 4 members (excludes halogenated alkanes) is 26. The molecule has 0 bridgehead atoms. The molecule has 0 heterocycles. The molecule has 0 rings (SSSR count). The number of carbonyl (C=O) groups excluding carboxylic acids is 3. The Hall–Kier alpha value is -4.19. The van der Waals surface area contributed by atoms with Crippen LogP contribution in [0, 0.1) is 0 Å². The van der Waals surface area contributed by atoms with E-state index in [1.807, 2.05) is 6.08 Å². The quantitative estimate of drug-likeness (QED) is 0.0261. The normalized spacial score (nSPS) is 12.9. The number of rotatable bonds is 57. The average molecular weight is 1070 g/mol. The van der Waals surface area contributed by atoms with E-state index < -0.39 is 6.10 Å². The predicted octanol–water partition coefficient (Wildman–Crippen LogP) is 22.0. The van der Waals surface area contributed by atoms with Crippen molar-refractivity contribution in [2.75, 3.05) is 13.2 Å². The zero-order valence-corrected chi connectivity index (χ0v) is 50.2. The zero-order chi connectivity index (χ0) is 55.7. The number of hydrogen-bond donors (Lipinski definition) is 0. The highest BCUT2D eigenvalue weighted by atomic mass is 16.6. The summed E-state index contributed by atoms with van der Waals surface area (Å²) in [6, 6.07) is 0. The first kappa shape index (κ1) is 72.8. The summed E-state index contributed by atoms with van der Waals surface area (Å²) < 4.78 is 16.8. The minimum absolute atomic E-state index is 0.119. The molecule has 0 spiro atoms. The van der Waals surface area contributed by atoms with Crippen molar-refractivity contribution in [2.45, 2.75) is 297 Å². The molecule has 0 N–H and O–H groups in total. The molecular formula is C71H118O6. The topological polar surface area (TPSA) is 78.9 Å². The van der Waals surface area contributed by atoms with E-state index in [0.29, 0.717) is 19.3 Å². The van der Waals surface area contributed by atoms with Crippen molar-refractivity contribution in [3.8, 4) is 0 Å². The van der Waals surface area contributed by atoms with Crippen LogP contribution < -0.4 is 0 Å². The van der Waals surface area contributed by atoms with E-state index in [9.17, 15) is 14.4 Å². The molecule has 438 valence electrons. The lowest BCUT2D eigenvalue weighted by Gasteiger charge is -2.18. The Labute approximate surface area is 475 Å². The van der Waals surface area contributed by atoms with Crippen LogP contribution in [0.3, 0.4) is 0 Å². The molecule has 0 aromatic carbocycles. The highest BCUT2D eigenvalue weighted by Gasteiger charge is 2.19. The van der Waals surface area contributed by atoms with Crippen molar-refractivity contribution < 1.29 is 28.6 Å². The Morgan fingerprint density at radius 1 is 0.273 bits per heavy atom. The van der Waals surface area contributed by atoms with Gasteiger partial charge in [0.25, 0.3) is 0 Å². The van der Waals surface area contributed by atoms with Gasteiger partial charge in [-0.1, -0.05) is 290 Å². The third kappa shape index (κ3) is 62.5. The molecule has 0 amide bonds. The van der Waals surface area contributed by atoms with Crippen LogP contribution in [0.2, 0.25) is 0 Å². The van der Waals surface area contributed by atoms with Gasteiger partial charge in [0, 0.05) is 19.3 Å². The maximum atomic E-state index is 12.9. The van der Waals surface area contributed by atoms with E-state index in [-0.39, 0.29) is 37.5 Å². The number of carbonyl (C=O) groups is 3. The van der Waals surface area contributed by atoms with Crippen molar-refractivity contribution >= 4 is 17.9 Å². The first-order chi connectivity index (χ1) is 38.0. The van der Waals surface area contributed by atoms with Crippen LogP contribution in [-0.2, 0) is 28.6 Å². The van der Waals surface area contributed by atoms with E-state index >= 15 is 0 Å². The predicted molar refractivity (Wildman–Crippen MR) is 334 cm³/mol. The molecule has 0 saturated carbocycles. The number of hydrogen-bond acceptors (Lipinski definition) is 6. The fraction of sp³-hybridized carbons (Fsp3) is 0.676. The van der Waals surface area contributed by atoms with E-state index in [2.05, 4.69) is 136 Å². The Kier molecular flexibility index (Phi) is 60.8. The van der Waals surface area contributed by atoms with Crippen molar-refractivity contribution in [1.82, 2.24) is 0 Å². The van der Waals surface area contributed by atoms with Gasteiger partial charge in [0.05, 0.1) is 0 Å². The van der Waals surface area contributed by atoms with Crippen molar-refractivity contribution in [3.63, 3.8) is 0 Å². The molecule has 0 aromatic rings. The van der Waals surface area contributed by atoms with Gasteiger partial charge < -0.3 is 14.2 Å². The van der Waals surface area contributed by atoms with Gasteiger partial charge in [-0.15, -0.1) is 0 Å². The average Bonchev–Trinajstić information content (AvgIpc) is 3.43. The van der Waals surface area contributed by atoms with Crippen LogP contribution in [0.4, 0.5) is 0 Å². The SMILES string of the molecule is CC/C=C\C/C=C\C/C=C\C/C=C\C/C=C\C/C=C\CCC(=O)OC[C@H](COC(=O)CCCCC/C=C\C/C=C\C/C=C\C/C=C\CCCCC)OC(=O)CCCCCCCCCCCCCCCCCCCCCCC. The van der Waals surface area contributed by atoms with Gasteiger partial charge in [0.15, 0.2) is 6.10 Å². The summed E-state index contributed by atoms with van der Waals surface area (Å²) in [7, 11) is 0. The molecule has 0 aromatic heterocycles. The lowest BCUT2D eigenvalue weighted by atomic mass is 10.0. The third-order valence-electron chi connectivity index (χ3n) is 13.5. The lowest BCUT2D eigenvalue weighted by Crippen LogP contribution is -2.30. The van der Waals surface area contributed by atoms with Gasteiger partial charge in [-0.05, 0) is 103 Å². The van der Waals surface area contributed by atoms with Crippen LogP contribution in [-0.4, -0.2) is 37.2 Å². The standard InChI is InChI=1S/C71H118O6/c1-4-7-10-13-16-19-22-25-28-31-34-35-38-41-44-47-50-53-56-59-62-65-71(74)77-68(66-75-69(72)63-60-57-54-51-48-45-42-39-36-32-29-26-23-20-17-14-11-8-5-2)67-76-70(73)64-61-58-55-52-49-46-43-40-37-33-30-27-24-21-18-15-12-9-6-3/h8,11,17-18,20-21,26-27,29-30,36-37,39-40,45-46,48-49,54,57,68H,4-7,9-10,12-16,19,22-25,28,31-35,38,41-44,47,50-53,55-56,58-67H2,1-3H3/b11-8-,20-17-,21-18-,29-26-,30-27-,39-36-,40-37-,48-45-,49-46-,57-54-/t68-/m1/s1. The molecule has 0 unspecified atom stereocenters. The largest absolute Gasteiger partial charge is 0.462 e. The van der Waals surface area contributed by atoms with Crippen LogP contribution in [0.5, 0.6) is 0 Å². The zero-order valence-electron chi connectivity index (χ0n) is 50.2. The summed E-state index contributed by atoms with van der Waals surface area (Å²) in [5.41, 5.74) is 0. The maximum Gasteiger partial charge on any atom is 0.306 e. The molecular weight excluding hydrogens is 949 g/mol. The van der Waals surface area contributed by atoms with E-state index in [1.165, 1.54) is 141 Å². The summed E-state index contributed by atoms with van der Waals surface area (Å²) >= 11 is 0. The molecule has 0 radical (unpaired) electrons. The molecule has 0 fully saturated rings. The van der Waals surface area contributed by atoms with Gasteiger partial charge in [-0.3, -0.25) is 14.4 Å². The second-order valence-corrected chi connectivity index (χ2v) is 20.9. The second-order valence-electron chi connectivity index (χ2n) is 20.9. The van der Waals surface area contributed by atoms with Crippen molar-refractivity contribution in [2.24, 2.45) is 0 Å². The lowest BCUT2D eigenvalue weighted by molar-refractivity contribution is -0.166. The maximum absolute atomic E-state index is 12.9. The molecule has 6 heteroatoms. The molecule has 0 aliphatic heterocycles. The Balaban J connectivity index is 4.53. The van der Waals surface area contributed by atoms with Crippen molar-refractivity contribution in [1.29, 1.82) is 0 Å². The Morgan fingerprint density at radius 2 is 0.532 bits per heavy atom. The smallest absolute Gasteiger partial charge is 0.306 e. The van der Waals surface area contributed by atoms with Crippen LogP contribution >= 0.6 is 0 Å². The minimum atomic E-state index is -0.825. The van der Waals surface area contributed by atoms with E-state index in [0.717, 1.165) is 103 Å². The van der Waals surface area contributed by atoms with Gasteiger partial charge in [-0.2, -0.15) is 0 Å². The summed E-state index contributed by atoms with van der Waals surface area (Å²) in [6.07, 6.45) is 89.3. The summed E-state index contributed by atoms with van der Waals surface area (Å²) in [5, 5.41) is 0. The summed E-state index contributed by atoms with van der Waals surface area (Å²) in [4.78, 5) is 38.3. The van der Waals surface area contributed by atoms with Gasteiger partial charge in [0.2, 0.25) is 0 Å². The third-order valence-corrected chi connectivity index (χ3v) is 13.5. The van der Waals surface area contributed by atoms with Crippen LogP contribution in [0.15, 0.2) is 122 Å². The molecule has 0 aliphatic carbocycles. The first-order valence-electron chi connectivity index (χ1n) is 32.0. The molecule has 0 aliphatic rings. The molecule has 77 heavy (non-hydrogen) atoms. The van der Waals surface area contributed by atoms with Gasteiger partial charge in [-0.25, -0.2) is 0 Å². The fourth-order valence-corrected chi connectivity index (χ4v) is 8.69. The van der Waals surface area contributed by atoms with Gasteiger partial charge in [0.1, 0.15) is 13.2 Å². The van der Waals surface area contributed by atoms with Gasteiger partial charge >= 0.3 is 17.9 Å². The molecule has 0 saturated heterocycles. The van der Waals surface area contributed by atoms with E-state index in [4.69, 9.17) is 14.2 Å². The highest BCUT2D eigenvalue weighted by Crippen LogP contribution is 2.16. The monoisotopic (exact) mass is 1070 g/mol. The van der Waals surface area contributed by atoms with Crippen LogP contribution in [0.1, 0.15) is 290 Å². The van der Waals surface area contributed by atoms with Crippen molar-refractivity contribution in [3.05, 3.63) is 122 Å². The highest BCUT2D eigenvalue weighted by molar-refractivity contribution is 5.71.